The van der Waals surface area contributed by atoms with Crippen molar-refractivity contribution in [1.82, 2.24) is 0 Å². The first kappa shape index (κ1) is 20.0. The summed E-state index contributed by atoms with van der Waals surface area (Å²) < 4.78 is 0. The standard InChI is InChI=1S/C24H34.CH4.2H2/c1-3-4-20-7-9-21(10-8-20)11-12-22-13-17-24(18-14-22)23-15-5-19(2)6-16-23;;;/h3-6,11-12,15-16,20-22,24H,7-10,13-14,17-18H2,1-2H3;1H4;2*1H/b4-3+,12-11+;;;. The van der Waals surface area contributed by atoms with Crippen LogP contribution in [0.25, 0.3) is 0 Å². The predicted octanol–water partition coefficient (Wildman–Crippen LogP) is 8.34. The van der Waals surface area contributed by atoms with Crippen LogP contribution in [0.15, 0.2) is 48.6 Å². The zero-order valence-electron chi connectivity index (χ0n) is 15.6. The summed E-state index contributed by atoms with van der Waals surface area (Å²) in [5, 5.41) is 0. The summed E-state index contributed by atoms with van der Waals surface area (Å²) in [7, 11) is 0. The van der Waals surface area contributed by atoms with Gasteiger partial charge in [0.05, 0.1) is 0 Å². The lowest BCUT2D eigenvalue weighted by Gasteiger charge is -2.28. The maximum absolute atomic E-state index is 2.58. The van der Waals surface area contributed by atoms with E-state index in [1.807, 2.05) is 0 Å². The fraction of sp³-hybridized carbons (Fsp3) is 0.600. The summed E-state index contributed by atoms with van der Waals surface area (Å²) in [5.41, 5.74) is 2.94. The Morgan fingerprint density at radius 2 is 1.16 bits per heavy atom. The molecule has 142 valence electrons. The first-order chi connectivity index (χ1) is 11.7. The summed E-state index contributed by atoms with van der Waals surface area (Å²) in [6.45, 7) is 4.33. The van der Waals surface area contributed by atoms with E-state index >= 15 is 0 Å². The van der Waals surface area contributed by atoms with Gasteiger partial charge in [-0.05, 0) is 94.4 Å². The van der Waals surface area contributed by atoms with E-state index in [4.69, 9.17) is 0 Å². The highest BCUT2D eigenvalue weighted by molar-refractivity contribution is 5.25. The minimum absolute atomic E-state index is 0. The molecule has 2 aliphatic carbocycles. The van der Waals surface area contributed by atoms with Crippen molar-refractivity contribution in [2.75, 3.05) is 0 Å². The molecule has 2 aliphatic rings. The van der Waals surface area contributed by atoms with Crippen molar-refractivity contribution in [2.45, 2.75) is 78.6 Å². The molecule has 2 fully saturated rings. The SMILES string of the molecule is C.C/C=C/C1CCC(/C=C/C2CCC(c3ccc(C)cc3)CC2)CC1.[HH].[HH]. The molecule has 2 saturated carbocycles. The van der Waals surface area contributed by atoms with Crippen LogP contribution in [0.1, 0.15) is 85.6 Å². The van der Waals surface area contributed by atoms with Crippen molar-refractivity contribution in [2.24, 2.45) is 17.8 Å². The lowest BCUT2D eigenvalue weighted by molar-refractivity contribution is 0.348. The third kappa shape index (κ3) is 5.87. The number of hydrogen-bond acceptors (Lipinski definition) is 0. The molecule has 3 rings (SSSR count). The van der Waals surface area contributed by atoms with Crippen molar-refractivity contribution in [3.63, 3.8) is 0 Å². The van der Waals surface area contributed by atoms with Gasteiger partial charge in [-0.2, -0.15) is 0 Å². The largest absolute Gasteiger partial charge is 0.0914 e. The Morgan fingerprint density at radius 1 is 0.720 bits per heavy atom. The topological polar surface area (TPSA) is 0 Å². The predicted molar refractivity (Wildman–Crippen MR) is 116 cm³/mol. The van der Waals surface area contributed by atoms with Crippen LogP contribution >= 0.6 is 0 Å². The van der Waals surface area contributed by atoms with Gasteiger partial charge >= 0.3 is 0 Å². The van der Waals surface area contributed by atoms with Gasteiger partial charge in [-0.3, -0.25) is 0 Å². The van der Waals surface area contributed by atoms with Crippen LogP contribution in [-0.2, 0) is 0 Å². The highest BCUT2D eigenvalue weighted by Gasteiger charge is 2.22. The fourth-order valence-electron chi connectivity index (χ4n) is 4.60. The second-order valence-corrected chi connectivity index (χ2v) is 8.11. The second kappa shape index (κ2) is 10.00. The maximum Gasteiger partial charge on any atom is 0 e. The van der Waals surface area contributed by atoms with Gasteiger partial charge in [0.25, 0.3) is 0 Å². The van der Waals surface area contributed by atoms with Crippen molar-refractivity contribution in [1.29, 1.82) is 0 Å². The second-order valence-electron chi connectivity index (χ2n) is 8.11. The first-order valence-corrected chi connectivity index (χ1v) is 10.1. The van der Waals surface area contributed by atoms with Gasteiger partial charge in [0.15, 0.2) is 0 Å². The summed E-state index contributed by atoms with van der Waals surface area (Å²) in [6.07, 6.45) is 20.8. The number of allylic oxidation sites excluding steroid dienone is 4. The normalized spacial score (nSPS) is 30.5. The molecule has 25 heavy (non-hydrogen) atoms. The highest BCUT2D eigenvalue weighted by Crippen LogP contribution is 2.37. The highest BCUT2D eigenvalue weighted by atomic mass is 14.3. The summed E-state index contributed by atoms with van der Waals surface area (Å²) >= 11 is 0. The third-order valence-electron chi connectivity index (χ3n) is 6.26. The molecule has 0 aromatic heterocycles. The maximum atomic E-state index is 2.58. The molecule has 0 radical (unpaired) electrons. The van der Waals surface area contributed by atoms with Crippen LogP contribution in [-0.4, -0.2) is 0 Å². The van der Waals surface area contributed by atoms with Crippen LogP contribution in [0, 0.1) is 24.7 Å². The Labute approximate surface area is 159 Å². The zero-order chi connectivity index (χ0) is 16.8. The van der Waals surface area contributed by atoms with Gasteiger partial charge in [0, 0.05) is 2.85 Å². The van der Waals surface area contributed by atoms with Gasteiger partial charge in [-0.25, -0.2) is 0 Å². The molecule has 0 unspecified atom stereocenters. The summed E-state index contributed by atoms with van der Waals surface area (Å²) in [5.74, 6) is 3.33. The van der Waals surface area contributed by atoms with E-state index in [9.17, 15) is 0 Å². The van der Waals surface area contributed by atoms with Crippen molar-refractivity contribution >= 4 is 0 Å². The summed E-state index contributed by atoms with van der Waals surface area (Å²) in [4.78, 5) is 0. The van der Waals surface area contributed by atoms with Crippen LogP contribution in [0.5, 0.6) is 0 Å². The summed E-state index contributed by atoms with van der Waals surface area (Å²) in [6, 6.07) is 9.23. The van der Waals surface area contributed by atoms with Crippen LogP contribution < -0.4 is 0 Å². The molecule has 0 amide bonds. The van der Waals surface area contributed by atoms with E-state index in [0.717, 1.165) is 23.7 Å². The first-order valence-electron chi connectivity index (χ1n) is 10.1. The lowest BCUT2D eigenvalue weighted by Crippen LogP contribution is -2.13. The molecular weight excluding hydrogens is 300 g/mol. The van der Waals surface area contributed by atoms with Gasteiger partial charge in [-0.1, -0.05) is 61.6 Å². The van der Waals surface area contributed by atoms with E-state index in [1.54, 1.807) is 5.56 Å². The fourth-order valence-corrected chi connectivity index (χ4v) is 4.60. The smallest absolute Gasteiger partial charge is 0 e. The van der Waals surface area contributed by atoms with Gasteiger partial charge < -0.3 is 0 Å². The molecule has 0 aliphatic heterocycles. The number of hydrogen-bond donors (Lipinski definition) is 0. The van der Waals surface area contributed by atoms with Gasteiger partial charge in [-0.15, -0.1) is 0 Å². The Hall–Kier alpha value is -1.30. The zero-order valence-corrected chi connectivity index (χ0v) is 15.6. The Bertz CT molecular complexity index is 542. The molecule has 0 bridgehead atoms. The average molecular weight is 343 g/mol. The molecule has 0 nitrogen and oxygen atoms in total. The van der Waals surface area contributed by atoms with E-state index in [0.29, 0.717) is 0 Å². The lowest BCUT2D eigenvalue weighted by atomic mass is 9.77. The Kier molecular flexibility index (Phi) is 8.00. The molecule has 0 heterocycles. The third-order valence-corrected chi connectivity index (χ3v) is 6.26. The molecule has 0 N–H and O–H groups in total. The van der Waals surface area contributed by atoms with E-state index in [1.165, 1.54) is 56.9 Å². The Morgan fingerprint density at radius 3 is 1.64 bits per heavy atom. The van der Waals surface area contributed by atoms with E-state index in [-0.39, 0.29) is 10.3 Å². The van der Waals surface area contributed by atoms with Gasteiger partial charge in [0.1, 0.15) is 0 Å². The molecule has 0 atom stereocenters. The van der Waals surface area contributed by atoms with Gasteiger partial charge in [0.2, 0.25) is 0 Å². The average Bonchev–Trinajstić information content (AvgIpc) is 2.63. The quantitative estimate of drug-likeness (QED) is 0.482. The van der Waals surface area contributed by atoms with E-state index < -0.39 is 0 Å². The molecule has 0 saturated heterocycles. The van der Waals surface area contributed by atoms with Crippen molar-refractivity contribution in [3.05, 3.63) is 59.7 Å². The van der Waals surface area contributed by atoms with Crippen molar-refractivity contribution < 1.29 is 2.85 Å². The molecular formula is C25H42. The van der Waals surface area contributed by atoms with Crippen LogP contribution in [0.4, 0.5) is 0 Å². The minimum atomic E-state index is 0. The van der Waals surface area contributed by atoms with Crippen molar-refractivity contribution in [3.8, 4) is 0 Å². The van der Waals surface area contributed by atoms with Crippen LogP contribution in [0.2, 0.25) is 0 Å². The number of aryl methyl sites for hydroxylation is 1. The van der Waals surface area contributed by atoms with E-state index in [2.05, 4.69) is 62.4 Å². The minimum Gasteiger partial charge on any atom is -0.0914 e. The molecule has 1 aromatic rings. The van der Waals surface area contributed by atoms with Crippen LogP contribution in [0.3, 0.4) is 0 Å². The Balaban J connectivity index is 0.00000225. The monoisotopic (exact) mass is 342 g/mol. The number of benzene rings is 1. The number of rotatable bonds is 4. The molecule has 0 heteroatoms. The molecule has 0 spiro atoms. The molecule has 1 aromatic carbocycles.